The molecule has 0 aromatic carbocycles. The van der Waals surface area contributed by atoms with Gasteiger partial charge in [-0.25, -0.2) is 0 Å². The van der Waals surface area contributed by atoms with Gasteiger partial charge in [0.2, 0.25) is 6.29 Å². The van der Waals surface area contributed by atoms with Gasteiger partial charge < -0.3 is 14.3 Å². The summed E-state index contributed by atoms with van der Waals surface area (Å²) in [5.41, 5.74) is 0. The molecule has 0 heterocycles. The van der Waals surface area contributed by atoms with E-state index in [-0.39, 0.29) is 5.97 Å². The van der Waals surface area contributed by atoms with Gasteiger partial charge >= 0.3 is 5.97 Å². The monoisotopic (exact) mass is 188 g/mol. The highest BCUT2D eigenvalue weighted by Gasteiger charge is 2.14. The zero-order chi connectivity index (χ0) is 10.3. The van der Waals surface area contributed by atoms with Crippen molar-refractivity contribution in [1.29, 1.82) is 0 Å². The Hall–Kier alpha value is -0.900. The van der Waals surface area contributed by atoms with Gasteiger partial charge in [0.25, 0.3) is 0 Å². The van der Waals surface area contributed by atoms with E-state index in [9.17, 15) is 9.59 Å². The number of ether oxygens (including phenoxy) is 2. The first-order valence-electron chi connectivity index (χ1n) is 4.44. The van der Waals surface area contributed by atoms with Crippen molar-refractivity contribution in [2.24, 2.45) is 0 Å². The minimum atomic E-state index is -0.604. The van der Waals surface area contributed by atoms with E-state index in [1.807, 2.05) is 6.92 Å². The first-order chi connectivity index (χ1) is 6.13. The highest BCUT2D eigenvalue weighted by atomic mass is 16.7. The molecule has 4 nitrogen and oxygen atoms in total. The summed E-state index contributed by atoms with van der Waals surface area (Å²) >= 11 is 0. The Bertz CT molecular complexity index is 167. The first-order valence-corrected chi connectivity index (χ1v) is 4.44. The molecule has 0 N–H and O–H groups in total. The lowest BCUT2D eigenvalue weighted by molar-refractivity contribution is -0.187. The van der Waals surface area contributed by atoms with Gasteiger partial charge in [-0.3, -0.25) is 4.79 Å². The van der Waals surface area contributed by atoms with E-state index in [2.05, 4.69) is 0 Å². The highest BCUT2D eigenvalue weighted by Crippen LogP contribution is 2.04. The molecule has 0 aliphatic rings. The number of rotatable bonds is 6. The molecule has 4 heteroatoms. The maximum atomic E-state index is 10.9. The number of carbonyl (C=O) groups is 2. The second-order valence-electron chi connectivity index (χ2n) is 2.66. The second kappa shape index (κ2) is 6.60. The summed E-state index contributed by atoms with van der Waals surface area (Å²) in [6, 6.07) is 0. The van der Waals surface area contributed by atoms with Crippen LogP contribution in [0.15, 0.2) is 0 Å². The predicted molar refractivity (Wildman–Crippen MR) is 47.1 cm³/mol. The van der Waals surface area contributed by atoms with Crippen LogP contribution >= 0.6 is 0 Å². The number of aldehydes is 1. The van der Waals surface area contributed by atoms with Gasteiger partial charge in [-0.1, -0.05) is 13.8 Å². The molecule has 76 valence electrons. The van der Waals surface area contributed by atoms with E-state index >= 15 is 0 Å². The summed E-state index contributed by atoms with van der Waals surface area (Å²) in [4.78, 5) is 21.1. The van der Waals surface area contributed by atoms with Crippen LogP contribution in [0.4, 0.5) is 0 Å². The van der Waals surface area contributed by atoms with Crippen LogP contribution in [0.2, 0.25) is 0 Å². The number of esters is 1. The quantitative estimate of drug-likeness (QED) is 0.358. The summed E-state index contributed by atoms with van der Waals surface area (Å²) in [5, 5.41) is 0. The third-order valence-electron chi connectivity index (χ3n) is 1.44. The minimum Gasteiger partial charge on any atom is -0.436 e. The Morgan fingerprint density at radius 1 is 1.46 bits per heavy atom. The van der Waals surface area contributed by atoms with Crippen molar-refractivity contribution < 1.29 is 19.1 Å². The molecular weight excluding hydrogens is 172 g/mol. The maximum absolute atomic E-state index is 10.9. The van der Waals surface area contributed by atoms with Crippen LogP contribution < -0.4 is 0 Å². The molecule has 2 atom stereocenters. The Morgan fingerprint density at radius 2 is 2.08 bits per heavy atom. The maximum Gasteiger partial charge on any atom is 0.307 e. The first kappa shape index (κ1) is 12.1. The van der Waals surface area contributed by atoms with Crippen molar-refractivity contribution >= 4 is 12.3 Å². The smallest absolute Gasteiger partial charge is 0.307 e. The number of carbonyl (C=O) groups excluding carboxylic acids is 2. The van der Waals surface area contributed by atoms with Crippen molar-refractivity contribution in [2.45, 2.75) is 46.0 Å². The molecule has 0 aromatic heterocycles. The standard InChI is InChI=1S/C9H16O4/c1-4-8(11)13-9(5-2)12-7(3)6-10/h6-7,9H,4-5H2,1-3H3. The van der Waals surface area contributed by atoms with E-state index in [4.69, 9.17) is 9.47 Å². The Morgan fingerprint density at radius 3 is 2.46 bits per heavy atom. The molecule has 0 aliphatic heterocycles. The molecule has 0 saturated heterocycles. The summed E-state index contributed by atoms with van der Waals surface area (Å²) in [6.45, 7) is 5.14. The molecule has 0 radical (unpaired) electrons. The van der Waals surface area contributed by atoms with Crippen LogP contribution in [0.5, 0.6) is 0 Å². The fourth-order valence-corrected chi connectivity index (χ4v) is 0.709. The molecule has 0 aliphatic carbocycles. The molecule has 13 heavy (non-hydrogen) atoms. The van der Waals surface area contributed by atoms with Gasteiger partial charge in [-0.2, -0.15) is 0 Å². The zero-order valence-corrected chi connectivity index (χ0v) is 8.28. The van der Waals surface area contributed by atoms with Gasteiger partial charge in [-0.05, 0) is 6.92 Å². The lowest BCUT2D eigenvalue weighted by Gasteiger charge is -2.17. The molecule has 0 aromatic rings. The zero-order valence-electron chi connectivity index (χ0n) is 8.28. The Kier molecular flexibility index (Phi) is 6.14. The van der Waals surface area contributed by atoms with Crippen LogP contribution in [0, 0.1) is 0 Å². The average molecular weight is 188 g/mol. The van der Waals surface area contributed by atoms with Gasteiger partial charge in [0.1, 0.15) is 12.4 Å². The fraction of sp³-hybridized carbons (Fsp3) is 0.778. The third-order valence-corrected chi connectivity index (χ3v) is 1.44. The molecule has 0 amide bonds. The second-order valence-corrected chi connectivity index (χ2v) is 2.66. The lowest BCUT2D eigenvalue weighted by atomic mass is 10.4. The lowest BCUT2D eigenvalue weighted by Crippen LogP contribution is -2.25. The minimum absolute atomic E-state index is 0.315. The highest BCUT2D eigenvalue weighted by molar-refractivity contribution is 5.69. The van der Waals surface area contributed by atoms with Crippen LogP contribution in [-0.4, -0.2) is 24.6 Å². The Labute approximate surface area is 78.2 Å². The van der Waals surface area contributed by atoms with Crippen molar-refractivity contribution in [3.8, 4) is 0 Å². The topological polar surface area (TPSA) is 52.6 Å². The number of hydrogen-bond donors (Lipinski definition) is 0. The summed E-state index contributed by atoms with van der Waals surface area (Å²) in [5.74, 6) is -0.315. The summed E-state index contributed by atoms with van der Waals surface area (Å²) < 4.78 is 10.0. The summed E-state index contributed by atoms with van der Waals surface area (Å²) in [7, 11) is 0. The van der Waals surface area contributed by atoms with Crippen molar-refractivity contribution in [2.75, 3.05) is 0 Å². The van der Waals surface area contributed by atoms with Crippen LogP contribution in [0.25, 0.3) is 0 Å². The molecule has 0 fully saturated rings. The molecule has 0 rings (SSSR count). The van der Waals surface area contributed by atoms with Crippen molar-refractivity contribution in [3.05, 3.63) is 0 Å². The van der Waals surface area contributed by atoms with Crippen molar-refractivity contribution in [3.63, 3.8) is 0 Å². The van der Waals surface area contributed by atoms with Gasteiger partial charge in [0, 0.05) is 12.8 Å². The largest absolute Gasteiger partial charge is 0.436 e. The van der Waals surface area contributed by atoms with Gasteiger partial charge in [0.05, 0.1) is 0 Å². The predicted octanol–water partition coefficient (Wildman–Crippen LogP) is 1.28. The molecular formula is C9H16O4. The fourth-order valence-electron chi connectivity index (χ4n) is 0.709. The van der Waals surface area contributed by atoms with E-state index in [1.165, 1.54) is 0 Å². The number of hydrogen-bond acceptors (Lipinski definition) is 4. The third kappa shape index (κ3) is 5.36. The van der Waals surface area contributed by atoms with E-state index in [1.54, 1.807) is 13.8 Å². The van der Waals surface area contributed by atoms with Gasteiger partial charge in [0.15, 0.2) is 0 Å². The van der Waals surface area contributed by atoms with Gasteiger partial charge in [-0.15, -0.1) is 0 Å². The molecule has 0 bridgehead atoms. The SMILES string of the molecule is CCC(=O)OC(CC)OC(C)C=O. The summed E-state index contributed by atoms with van der Waals surface area (Å²) in [6.07, 6.45) is 0.393. The molecule has 2 unspecified atom stereocenters. The van der Waals surface area contributed by atoms with Crippen LogP contribution in [0.1, 0.15) is 33.6 Å². The van der Waals surface area contributed by atoms with Crippen molar-refractivity contribution in [1.82, 2.24) is 0 Å². The molecule has 0 spiro atoms. The molecule has 0 saturated carbocycles. The normalized spacial score (nSPS) is 14.7. The van der Waals surface area contributed by atoms with Crippen LogP contribution in [-0.2, 0) is 19.1 Å². The van der Waals surface area contributed by atoms with E-state index < -0.39 is 12.4 Å². The Balaban J connectivity index is 3.88. The van der Waals surface area contributed by atoms with Crippen LogP contribution in [0.3, 0.4) is 0 Å². The average Bonchev–Trinajstić information content (AvgIpc) is 2.16. The van der Waals surface area contributed by atoms with E-state index in [0.29, 0.717) is 19.1 Å². The van der Waals surface area contributed by atoms with E-state index in [0.717, 1.165) is 0 Å².